The number of nitrogens with zero attached hydrogens (tertiary/aromatic N) is 5. The lowest BCUT2D eigenvalue weighted by Gasteiger charge is -2.30. The highest BCUT2D eigenvalue weighted by Crippen LogP contribution is 2.36. The van der Waals surface area contributed by atoms with E-state index in [1.54, 1.807) is 12.0 Å². The van der Waals surface area contributed by atoms with Crippen LogP contribution in [0.15, 0.2) is 97.5 Å². The molecule has 0 spiro atoms. The van der Waals surface area contributed by atoms with E-state index in [4.69, 9.17) is 29.2 Å². The fourth-order valence-corrected chi connectivity index (χ4v) is 8.81. The van der Waals surface area contributed by atoms with E-state index in [1.807, 2.05) is 79.8 Å². The van der Waals surface area contributed by atoms with Crippen LogP contribution >= 0.6 is 0 Å². The number of rotatable bonds is 13. The Morgan fingerprint density at radius 1 is 0.742 bits per heavy atom. The normalized spacial score (nSPS) is 20.7. The first-order valence-corrected chi connectivity index (χ1v) is 21.2. The Labute approximate surface area is 359 Å². The third-order valence-electron chi connectivity index (χ3n) is 12.2. The number of aromatic amines is 2. The largest absolute Gasteiger partial charge is 0.453 e. The number of hydrogen-bond donors (Lipinski definition) is 4. The van der Waals surface area contributed by atoms with Gasteiger partial charge in [-0.05, 0) is 72.2 Å². The van der Waals surface area contributed by atoms with Crippen molar-refractivity contribution < 1.29 is 28.6 Å². The van der Waals surface area contributed by atoms with E-state index < -0.39 is 12.1 Å². The number of likely N-dealkylation sites (tertiary alicyclic amines) is 2. The first-order valence-electron chi connectivity index (χ1n) is 21.2. The van der Waals surface area contributed by atoms with E-state index in [0.717, 1.165) is 76.1 Å². The van der Waals surface area contributed by atoms with Gasteiger partial charge in [0.1, 0.15) is 17.7 Å². The van der Waals surface area contributed by atoms with Crippen molar-refractivity contribution in [2.45, 2.75) is 76.2 Å². The number of pyridine rings is 1. The number of imidazole rings is 2. The Morgan fingerprint density at radius 2 is 1.35 bits per heavy atom. The highest BCUT2D eigenvalue weighted by molar-refractivity contribution is 5.90. The van der Waals surface area contributed by atoms with Crippen molar-refractivity contribution in [3.63, 3.8) is 0 Å². The number of H-pyrrole nitrogens is 2. The monoisotopic (exact) mass is 837 g/mol. The molecule has 4 N–H and O–H groups in total. The van der Waals surface area contributed by atoms with Crippen molar-refractivity contribution in [3.05, 3.63) is 115 Å². The molecular weight excluding hydrogens is 787 g/mol. The summed E-state index contributed by atoms with van der Waals surface area (Å²) >= 11 is 0. The Kier molecular flexibility index (Phi) is 11.6. The first kappa shape index (κ1) is 41.0. The average molecular weight is 838 g/mol. The number of carbonyl (C=O) groups is 3. The summed E-state index contributed by atoms with van der Waals surface area (Å²) in [6.07, 6.45) is 7.54. The van der Waals surface area contributed by atoms with Crippen LogP contribution < -0.4 is 10.6 Å². The van der Waals surface area contributed by atoms with Crippen molar-refractivity contribution in [3.8, 4) is 33.8 Å². The van der Waals surface area contributed by atoms with E-state index >= 15 is 0 Å². The molecule has 15 nitrogen and oxygen atoms in total. The fraction of sp³-hybridized carbons (Fsp3) is 0.362. The van der Waals surface area contributed by atoms with Gasteiger partial charge < -0.3 is 39.3 Å². The van der Waals surface area contributed by atoms with E-state index in [-0.39, 0.29) is 48.4 Å². The van der Waals surface area contributed by atoms with Crippen molar-refractivity contribution in [2.75, 3.05) is 27.3 Å². The van der Waals surface area contributed by atoms with Crippen molar-refractivity contribution in [2.24, 2.45) is 5.92 Å². The predicted octanol–water partition coefficient (Wildman–Crippen LogP) is 7.05. The summed E-state index contributed by atoms with van der Waals surface area (Å²) in [5.74, 6) is 1.39. The molecule has 3 aliphatic rings. The first-order chi connectivity index (χ1) is 30.2. The number of methoxy groups -OCH3 is 2. The second-order valence-corrected chi connectivity index (χ2v) is 16.5. The maximum atomic E-state index is 13.9. The van der Waals surface area contributed by atoms with Crippen molar-refractivity contribution in [1.82, 2.24) is 45.4 Å². The van der Waals surface area contributed by atoms with Crippen LogP contribution in [0.3, 0.4) is 0 Å². The molecule has 6 heterocycles. The minimum absolute atomic E-state index is 0.0468. The molecule has 6 atom stereocenters. The molecule has 0 bridgehead atoms. The molecule has 15 heteroatoms. The molecule has 320 valence electrons. The minimum atomic E-state index is -0.880. The second kappa shape index (κ2) is 17.5. The summed E-state index contributed by atoms with van der Waals surface area (Å²) in [5.41, 5.74) is 6.11. The topological polar surface area (TPSA) is 183 Å². The van der Waals surface area contributed by atoms with Crippen molar-refractivity contribution >= 4 is 28.7 Å². The van der Waals surface area contributed by atoms with Gasteiger partial charge in [0.2, 0.25) is 5.91 Å². The predicted molar refractivity (Wildman–Crippen MR) is 232 cm³/mol. The molecule has 3 fully saturated rings. The van der Waals surface area contributed by atoms with Crippen LogP contribution in [0.1, 0.15) is 74.9 Å². The van der Waals surface area contributed by atoms with Gasteiger partial charge in [-0.3, -0.25) is 19.9 Å². The number of epoxide rings is 1. The van der Waals surface area contributed by atoms with Gasteiger partial charge in [0.05, 0.1) is 54.7 Å². The lowest BCUT2D eigenvalue weighted by molar-refractivity contribution is -0.136. The number of benzene rings is 3. The van der Waals surface area contributed by atoms with E-state index in [1.165, 1.54) is 7.11 Å². The molecule has 0 saturated carbocycles. The van der Waals surface area contributed by atoms with Gasteiger partial charge in [-0.2, -0.15) is 0 Å². The number of amides is 3. The van der Waals surface area contributed by atoms with Crippen LogP contribution in [0.5, 0.6) is 0 Å². The van der Waals surface area contributed by atoms with Crippen LogP contribution in [0.2, 0.25) is 0 Å². The number of alkyl carbamates (subject to hydrolysis) is 1. The zero-order valence-corrected chi connectivity index (χ0v) is 35.2. The number of carbonyl (C=O) groups excluding carboxylic acids is 3. The molecular formula is C47H51N9O6. The SMILES string of the molecule is COC(=O)N[C@@H](C(=O)N1CCC[C@H]1c1ncc(-c2ccc3cc(-c4ccc(-c5cnc([C@@H]6CCCN6C(=O)[C@@H](NC6OC6OC)C(C)C)[nH]5)cn4)ccc3c2)[nH]1)c1ccccc1. The molecule has 3 aromatic carbocycles. The maximum Gasteiger partial charge on any atom is 0.407 e. The minimum Gasteiger partial charge on any atom is -0.453 e. The van der Waals surface area contributed by atoms with Crippen molar-refractivity contribution in [1.29, 1.82) is 0 Å². The van der Waals surface area contributed by atoms with Gasteiger partial charge in [-0.25, -0.2) is 14.8 Å². The lowest BCUT2D eigenvalue weighted by atomic mass is 10.0. The van der Waals surface area contributed by atoms with E-state index in [2.05, 4.69) is 57.0 Å². The van der Waals surface area contributed by atoms with Crippen LogP contribution in [0.4, 0.5) is 4.79 Å². The molecule has 9 rings (SSSR count). The Hall–Kier alpha value is -6.42. The van der Waals surface area contributed by atoms with Gasteiger partial charge in [0, 0.05) is 43.1 Å². The smallest absolute Gasteiger partial charge is 0.407 e. The molecule has 0 radical (unpaired) electrons. The lowest BCUT2D eigenvalue weighted by Crippen LogP contribution is -2.50. The fourth-order valence-electron chi connectivity index (χ4n) is 8.81. The highest BCUT2D eigenvalue weighted by Gasteiger charge is 2.45. The summed E-state index contributed by atoms with van der Waals surface area (Å²) < 4.78 is 15.6. The standard InChI is InChI=1S/C47H51N9O6/c1-27(2)39(53-43-46(60-3)62-43)44(57)55-20-8-12-37(55)42-50-26-36(52-42)33-18-19-34(48-24-33)31-16-14-30-23-32(17-15-29(30)22-31)35-25-49-41(51-35)38-13-9-21-56(38)45(58)40(54-47(59)61-4)28-10-6-5-7-11-28/h5-7,10-11,14-19,22-27,37-40,43,46,53H,8-9,12-13,20-21H2,1-4H3,(H,49,51)(H,50,52)(H,54,59)/t37-,38-,39-,40+,43?,46?/m0/s1. The third-order valence-corrected chi connectivity index (χ3v) is 12.2. The van der Waals surface area contributed by atoms with E-state index in [0.29, 0.717) is 24.5 Å². The van der Waals surface area contributed by atoms with Gasteiger partial charge >= 0.3 is 6.09 Å². The molecule has 2 unspecified atom stereocenters. The molecule has 62 heavy (non-hydrogen) atoms. The summed E-state index contributed by atoms with van der Waals surface area (Å²) in [7, 11) is 2.88. The van der Waals surface area contributed by atoms with Crippen LogP contribution in [0.25, 0.3) is 44.5 Å². The molecule has 0 aliphatic carbocycles. The summed E-state index contributed by atoms with van der Waals surface area (Å²) in [6.45, 7) is 5.30. The van der Waals surface area contributed by atoms with Crippen LogP contribution in [-0.4, -0.2) is 98.5 Å². The Morgan fingerprint density at radius 3 is 1.95 bits per heavy atom. The zero-order chi connectivity index (χ0) is 42.9. The zero-order valence-electron chi connectivity index (χ0n) is 35.2. The Balaban J connectivity index is 0.864. The molecule has 6 aromatic rings. The van der Waals surface area contributed by atoms with Crippen LogP contribution in [-0.2, 0) is 23.8 Å². The molecule has 3 amide bonds. The third kappa shape index (κ3) is 8.30. The second-order valence-electron chi connectivity index (χ2n) is 16.5. The highest BCUT2D eigenvalue weighted by atomic mass is 16.8. The molecule has 3 aliphatic heterocycles. The van der Waals surface area contributed by atoms with Gasteiger partial charge in [-0.1, -0.05) is 68.4 Å². The number of nitrogens with one attached hydrogen (secondary N) is 4. The average Bonchev–Trinajstić information content (AvgIpc) is 3.91. The summed E-state index contributed by atoms with van der Waals surface area (Å²) in [4.78, 5) is 65.0. The summed E-state index contributed by atoms with van der Waals surface area (Å²) in [6, 6.07) is 24.2. The number of ether oxygens (including phenoxy) is 3. The quantitative estimate of drug-likeness (QED) is 0.0880. The van der Waals surface area contributed by atoms with Gasteiger partial charge in [0.15, 0.2) is 12.5 Å². The van der Waals surface area contributed by atoms with Gasteiger partial charge in [0.25, 0.3) is 5.91 Å². The number of fused-ring (bicyclic) bond motifs is 1. The Bertz CT molecular complexity index is 2560. The van der Waals surface area contributed by atoms with Crippen LogP contribution in [0, 0.1) is 5.92 Å². The number of hydrogen-bond acceptors (Lipinski definition) is 10. The van der Waals surface area contributed by atoms with Gasteiger partial charge in [-0.15, -0.1) is 0 Å². The number of aromatic nitrogens is 5. The molecule has 3 aromatic heterocycles. The molecule has 3 saturated heterocycles. The maximum absolute atomic E-state index is 13.9. The van der Waals surface area contributed by atoms with E-state index in [9.17, 15) is 14.4 Å². The summed E-state index contributed by atoms with van der Waals surface area (Å²) in [5, 5.41) is 8.19.